The summed E-state index contributed by atoms with van der Waals surface area (Å²) in [7, 11) is 0. The molecular formula is C20H28F3N3O3. The van der Waals surface area contributed by atoms with Crippen LogP contribution in [0.4, 0.5) is 19.0 Å². The van der Waals surface area contributed by atoms with Crippen molar-refractivity contribution in [2.75, 3.05) is 18.9 Å². The fourth-order valence-corrected chi connectivity index (χ4v) is 1.81. The molecule has 6 nitrogen and oxygen atoms in total. The molecule has 9 heteroatoms. The van der Waals surface area contributed by atoms with E-state index in [0.717, 1.165) is 18.1 Å². The fourth-order valence-electron chi connectivity index (χ4n) is 1.81. The first-order chi connectivity index (χ1) is 13.8. The molecule has 0 aliphatic heterocycles. The number of carbonyl (C=O) groups is 1. The van der Waals surface area contributed by atoms with Crippen molar-refractivity contribution < 1.29 is 27.8 Å². The topological polar surface area (TPSA) is 97.5 Å². The maximum atomic E-state index is 11.9. The molecule has 0 fully saturated rings. The van der Waals surface area contributed by atoms with Gasteiger partial charge in [0.25, 0.3) is 5.91 Å². The lowest BCUT2D eigenvalue weighted by atomic mass is 10.2. The molecule has 0 unspecified atom stereocenters. The van der Waals surface area contributed by atoms with Gasteiger partial charge in [0.1, 0.15) is 11.6 Å². The van der Waals surface area contributed by atoms with E-state index >= 15 is 0 Å². The van der Waals surface area contributed by atoms with Crippen LogP contribution in [0.15, 0.2) is 42.6 Å². The van der Waals surface area contributed by atoms with Crippen molar-refractivity contribution in [3.63, 3.8) is 0 Å². The number of nitrogens with one attached hydrogen (secondary N) is 1. The quantitative estimate of drug-likeness (QED) is 0.667. The van der Waals surface area contributed by atoms with E-state index in [9.17, 15) is 18.0 Å². The normalized spacial score (nSPS) is 10.0. The first-order valence-corrected chi connectivity index (χ1v) is 9.15. The molecule has 1 heterocycles. The summed E-state index contributed by atoms with van der Waals surface area (Å²) in [4.78, 5) is 14.5. The molecule has 0 saturated carbocycles. The van der Waals surface area contributed by atoms with Gasteiger partial charge in [-0.2, -0.15) is 13.2 Å². The third kappa shape index (κ3) is 10.9. The number of benzene rings is 1. The molecule has 0 radical (unpaired) electrons. The molecule has 2 aromatic rings. The zero-order valence-electron chi connectivity index (χ0n) is 16.8. The number of amides is 1. The highest BCUT2D eigenvalue weighted by molar-refractivity contribution is 5.77. The lowest BCUT2D eigenvalue weighted by molar-refractivity contribution is -0.137. The fraction of sp³-hybridized carbons (Fsp3) is 0.400. The van der Waals surface area contributed by atoms with Gasteiger partial charge in [-0.15, -0.1) is 0 Å². The molecule has 1 aromatic carbocycles. The molecule has 0 spiro atoms. The zero-order valence-corrected chi connectivity index (χ0v) is 16.8. The summed E-state index contributed by atoms with van der Waals surface area (Å²) in [6, 6.07) is 9.08. The van der Waals surface area contributed by atoms with Crippen LogP contribution in [0.2, 0.25) is 0 Å². The Morgan fingerprint density at radius 2 is 1.83 bits per heavy atom. The van der Waals surface area contributed by atoms with Crippen LogP contribution in [0.25, 0.3) is 0 Å². The van der Waals surface area contributed by atoms with Crippen LogP contribution in [0.1, 0.15) is 38.3 Å². The van der Waals surface area contributed by atoms with Crippen molar-refractivity contribution in [3.05, 3.63) is 53.7 Å². The molecule has 0 bridgehead atoms. The van der Waals surface area contributed by atoms with Gasteiger partial charge in [-0.3, -0.25) is 4.79 Å². The number of alkyl halides is 3. The summed E-state index contributed by atoms with van der Waals surface area (Å²) in [5, 5.41) is 11.6. The highest BCUT2D eigenvalue weighted by Gasteiger charge is 2.33. The first kappa shape index (κ1) is 26.2. The minimum atomic E-state index is -4.40. The number of hydrogen-bond acceptors (Lipinski definition) is 5. The first-order valence-electron chi connectivity index (χ1n) is 9.15. The Morgan fingerprint density at radius 3 is 2.28 bits per heavy atom. The lowest BCUT2D eigenvalue weighted by Gasteiger charge is -2.06. The second kappa shape index (κ2) is 14.2. The third-order valence-corrected chi connectivity index (χ3v) is 3.19. The Bertz CT molecular complexity index is 708. The number of aliphatic hydroxyl groups is 1. The molecule has 2 rings (SSSR count). The van der Waals surface area contributed by atoms with Gasteiger partial charge in [-0.1, -0.05) is 32.9 Å². The van der Waals surface area contributed by atoms with Crippen LogP contribution in [-0.2, 0) is 17.6 Å². The van der Waals surface area contributed by atoms with Crippen LogP contribution >= 0.6 is 0 Å². The van der Waals surface area contributed by atoms with Crippen molar-refractivity contribution >= 4 is 11.7 Å². The summed E-state index contributed by atoms with van der Waals surface area (Å²) in [6.45, 7) is 6.70. The van der Waals surface area contributed by atoms with E-state index in [0.29, 0.717) is 12.3 Å². The Hall–Kier alpha value is -2.81. The van der Waals surface area contributed by atoms with Gasteiger partial charge in [0, 0.05) is 12.7 Å². The van der Waals surface area contributed by atoms with Gasteiger partial charge in [-0.25, -0.2) is 4.98 Å². The van der Waals surface area contributed by atoms with Crippen molar-refractivity contribution in [2.45, 2.75) is 40.0 Å². The average molecular weight is 415 g/mol. The maximum absolute atomic E-state index is 11.9. The average Bonchev–Trinajstić information content (AvgIpc) is 2.72. The van der Waals surface area contributed by atoms with Crippen LogP contribution in [-0.4, -0.2) is 29.1 Å². The molecule has 162 valence electrons. The number of nitrogens with zero attached hydrogens (tertiary/aromatic N) is 1. The molecule has 0 aliphatic rings. The number of carbonyl (C=O) groups excluding carboxylic acids is 1. The largest absolute Gasteiger partial charge is 0.484 e. The van der Waals surface area contributed by atoms with Crippen LogP contribution < -0.4 is 15.8 Å². The van der Waals surface area contributed by atoms with E-state index < -0.39 is 17.6 Å². The smallest absolute Gasteiger partial charge is 0.419 e. The summed E-state index contributed by atoms with van der Waals surface area (Å²) in [5.41, 5.74) is 4.91. The summed E-state index contributed by atoms with van der Waals surface area (Å²) >= 11 is 0. The predicted molar refractivity (Wildman–Crippen MR) is 106 cm³/mol. The van der Waals surface area contributed by atoms with Crippen molar-refractivity contribution in [1.82, 2.24) is 10.3 Å². The van der Waals surface area contributed by atoms with Gasteiger partial charge in [-0.05, 0) is 36.2 Å². The van der Waals surface area contributed by atoms with Gasteiger partial charge in [0.05, 0.1) is 12.2 Å². The van der Waals surface area contributed by atoms with Gasteiger partial charge in [0.15, 0.2) is 6.61 Å². The Balaban J connectivity index is 0.000000526. The number of aromatic nitrogens is 1. The second-order valence-electron chi connectivity index (χ2n) is 5.37. The molecule has 29 heavy (non-hydrogen) atoms. The molecule has 0 atom stereocenters. The Labute approximate surface area is 168 Å². The minimum Gasteiger partial charge on any atom is -0.484 e. The number of anilines is 1. The van der Waals surface area contributed by atoms with Gasteiger partial charge >= 0.3 is 6.18 Å². The van der Waals surface area contributed by atoms with Crippen molar-refractivity contribution in [3.8, 4) is 5.75 Å². The third-order valence-electron chi connectivity index (χ3n) is 3.19. The highest BCUT2D eigenvalue weighted by atomic mass is 19.4. The molecule has 0 saturated heterocycles. The summed E-state index contributed by atoms with van der Waals surface area (Å²) in [6.07, 6.45) is -2.28. The zero-order chi connectivity index (χ0) is 22.3. The number of pyridine rings is 1. The monoisotopic (exact) mass is 415 g/mol. The number of halogens is 3. The van der Waals surface area contributed by atoms with E-state index in [4.69, 9.17) is 15.6 Å². The lowest BCUT2D eigenvalue weighted by Crippen LogP contribution is -2.29. The second-order valence-corrected chi connectivity index (χ2v) is 5.37. The van der Waals surface area contributed by atoms with Gasteiger partial charge < -0.3 is 20.9 Å². The van der Waals surface area contributed by atoms with E-state index in [-0.39, 0.29) is 19.1 Å². The molecular weight excluding hydrogens is 387 g/mol. The molecule has 1 amide bonds. The number of nitrogens with two attached hydrogens (primary N) is 1. The van der Waals surface area contributed by atoms with E-state index in [2.05, 4.69) is 10.3 Å². The van der Waals surface area contributed by atoms with Crippen LogP contribution in [0, 0.1) is 0 Å². The number of aliphatic hydroxyl groups excluding tert-OH is 1. The van der Waals surface area contributed by atoms with Crippen LogP contribution in [0.5, 0.6) is 5.75 Å². The van der Waals surface area contributed by atoms with Crippen LogP contribution in [0.3, 0.4) is 0 Å². The molecule has 0 aliphatic carbocycles. The number of nitrogen functional groups attached to an aromatic ring is 1. The molecule has 4 N–H and O–H groups in total. The predicted octanol–water partition coefficient (Wildman–Crippen LogP) is 3.79. The maximum Gasteiger partial charge on any atom is 0.419 e. The number of ether oxygens (including phenoxy) is 1. The highest BCUT2D eigenvalue weighted by Crippen LogP contribution is 2.31. The van der Waals surface area contributed by atoms with Crippen molar-refractivity contribution in [1.29, 1.82) is 0 Å². The standard InChI is InChI=1S/C12H17NO3.C6H5F3N2.C2H6/c1-2-7-13-12(15)9-16-11-5-3-10(8-14)4-6-11;7-6(8,9)4-2-1-3-11-5(4)10;1-2/h3-6,14H,2,7-9H2,1H3,(H,13,15);1-3H,(H2,10,11);1-2H3. The van der Waals surface area contributed by atoms with E-state index in [1.807, 2.05) is 20.8 Å². The van der Waals surface area contributed by atoms with E-state index in [1.54, 1.807) is 24.3 Å². The van der Waals surface area contributed by atoms with Gasteiger partial charge in [0.2, 0.25) is 0 Å². The van der Waals surface area contributed by atoms with E-state index in [1.165, 1.54) is 12.3 Å². The SMILES string of the molecule is CC.CCCNC(=O)COc1ccc(CO)cc1.Nc1ncccc1C(F)(F)F. The summed E-state index contributed by atoms with van der Waals surface area (Å²) < 4.78 is 41.1. The van der Waals surface area contributed by atoms with Crippen molar-refractivity contribution in [2.24, 2.45) is 0 Å². The number of rotatable bonds is 6. The summed E-state index contributed by atoms with van der Waals surface area (Å²) in [5.74, 6) is 0.0249. The Morgan fingerprint density at radius 1 is 1.21 bits per heavy atom. The Kier molecular flexibility index (Phi) is 12.8. The number of hydrogen-bond donors (Lipinski definition) is 3. The molecule has 1 aromatic heterocycles. The minimum absolute atomic E-state index is 0.0112.